The lowest BCUT2D eigenvalue weighted by Gasteiger charge is -2.12. The highest BCUT2D eigenvalue weighted by Crippen LogP contribution is 2.35. The zero-order valence-electron chi connectivity index (χ0n) is 16.7. The molecule has 7 heteroatoms. The molecule has 1 fully saturated rings. The van der Waals surface area contributed by atoms with E-state index < -0.39 is 0 Å². The average Bonchev–Trinajstić information content (AvgIpc) is 3.40. The van der Waals surface area contributed by atoms with Gasteiger partial charge in [-0.15, -0.1) is 0 Å². The van der Waals surface area contributed by atoms with Gasteiger partial charge in [-0.3, -0.25) is 0 Å². The van der Waals surface area contributed by atoms with Crippen molar-refractivity contribution >= 4 is 28.4 Å². The second kappa shape index (κ2) is 8.82. The van der Waals surface area contributed by atoms with E-state index in [0.29, 0.717) is 41.2 Å². The van der Waals surface area contributed by atoms with Crippen LogP contribution in [-0.4, -0.2) is 26.0 Å². The lowest BCUT2D eigenvalue weighted by atomic mass is 10.1. The third kappa shape index (κ3) is 4.37. The smallest absolute Gasteiger partial charge is 0.177 e. The number of hydrogen-bond acceptors (Lipinski definition) is 6. The minimum atomic E-state index is 0.520. The van der Waals surface area contributed by atoms with Crippen LogP contribution in [0.15, 0.2) is 34.9 Å². The summed E-state index contributed by atoms with van der Waals surface area (Å²) in [4.78, 5) is 0. The van der Waals surface area contributed by atoms with Crippen LogP contribution in [-0.2, 0) is 6.54 Å². The van der Waals surface area contributed by atoms with E-state index in [0.717, 1.165) is 22.4 Å². The molecule has 0 unspecified atom stereocenters. The number of ether oxygens (including phenoxy) is 3. The van der Waals surface area contributed by atoms with Crippen LogP contribution >= 0.6 is 11.6 Å². The number of halogens is 1. The quantitative estimate of drug-likeness (QED) is 0.509. The molecule has 4 rings (SSSR count). The summed E-state index contributed by atoms with van der Waals surface area (Å²) >= 11 is 6.46. The zero-order chi connectivity index (χ0) is 20.2. The Bertz CT molecular complexity index is 982. The van der Waals surface area contributed by atoms with E-state index in [9.17, 15) is 0 Å². The number of nitrogens with one attached hydrogen (secondary N) is 1. The molecule has 0 amide bonds. The third-order valence-corrected chi connectivity index (χ3v) is 5.71. The molecule has 0 radical (unpaired) electrons. The zero-order valence-corrected chi connectivity index (χ0v) is 17.4. The van der Waals surface area contributed by atoms with Crippen molar-refractivity contribution in [3.8, 4) is 17.2 Å². The lowest BCUT2D eigenvalue weighted by molar-refractivity contribution is 0.252. The molecule has 1 N–H and O–H groups in total. The molecule has 1 aromatic heterocycles. The van der Waals surface area contributed by atoms with E-state index >= 15 is 0 Å². The predicted molar refractivity (Wildman–Crippen MR) is 113 cm³/mol. The fourth-order valence-corrected chi connectivity index (χ4v) is 3.96. The fourth-order valence-electron chi connectivity index (χ4n) is 3.74. The van der Waals surface area contributed by atoms with Crippen molar-refractivity contribution in [3.63, 3.8) is 0 Å². The maximum Gasteiger partial charge on any atom is 0.177 e. The second-order valence-electron chi connectivity index (χ2n) is 7.30. The predicted octanol–water partition coefficient (Wildman–Crippen LogP) is 5.68. The molecule has 2 aromatic carbocycles. The van der Waals surface area contributed by atoms with Gasteiger partial charge < -0.3 is 24.1 Å². The van der Waals surface area contributed by atoms with Gasteiger partial charge in [-0.2, -0.15) is 0 Å². The minimum absolute atomic E-state index is 0.520. The van der Waals surface area contributed by atoms with Crippen molar-refractivity contribution in [1.29, 1.82) is 0 Å². The van der Waals surface area contributed by atoms with Crippen LogP contribution in [0.5, 0.6) is 17.2 Å². The summed E-state index contributed by atoms with van der Waals surface area (Å²) in [5.74, 6) is 3.38. The van der Waals surface area contributed by atoms with Gasteiger partial charge in [0.25, 0.3) is 0 Å². The highest BCUT2D eigenvalue weighted by molar-refractivity contribution is 6.33. The van der Waals surface area contributed by atoms with Crippen LogP contribution < -0.4 is 19.5 Å². The first kappa shape index (κ1) is 19.7. The number of aromatic nitrogens is 1. The largest absolute Gasteiger partial charge is 0.497 e. The van der Waals surface area contributed by atoms with E-state index in [2.05, 4.69) is 10.5 Å². The molecule has 0 saturated heterocycles. The number of benzene rings is 2. The Kier molecular flexibility index (Phi) is 6.00. The van der Waals surface area contributed by atoms with Crippen molar-refractivity contribution in [2.75, 3.05) is 26.1 Å². The number of rotatable bonds is 8. The Morgan fingerprint density at radius 2 is 1.93 bits per heavy atom. The van der Waals surface area contributed by atoms with E-state index in [1.54, 1.807) is 14.2 Å². The molecule has 0 aliphatic heterocycles. The number of nitrogens with zero attached hydrogens (tertiary/aromatic N) is 1. The van der Waals surface area contributed by atoms with Gasteiger partial charge in [0.2, 0.25) is 0 Å². The van der Waals surface area contributed by atoms with Crippen molar-refractivity contribution in [2.24, 2.45) is 5.92 Å². The first-order valence-electron chi connectivity index (χ1n) is 9.84. The first-order valence-corrected chi connectivity index (χ1v) is 10.2. The molecular weight excluding hydrogens is 392 g/mol. The Balaban J connectivity index is 1.48. The number of anilines is 1. The molecule has 0 bridgehead atoms. The number of methoxy groups -OCH3 is 2. The molecule has 0 spiro atoms. The van der Waals surface area contributed by atoms with Crippen LogP contribution in [0.1, 0.15) is 31.2 Å². The summed E-state index contributed by atoms with van der Waals surface area (Å²) in [6.45, 7) is 1.22. The van der Waals surface area contributed by atoms with Crippen LogP contribution in [0, 0.1) is 5.92 Å². The first-order chi connectivity index (χ1) is 14.2. The van der Waals surface area contributed by atoms with Crippen LogP contribution in [0.3, 0.4) is 0 Å². The summed E-state index contributed by atoms with van der Waals surface area (Å²) in [7, 11) is 3.26. The normalized spacial score (nSPS) is 14.3. The van der Waals surface area contributed by atoms with Gasteiger partial charge in [-0.25, -0.2) is 0 Å². The standard InChI is InChI=1S/C22H25ClN2O4/c1-26-16-8-7-15(19(9-16)27-2)12-24-22-17-10-18(23)21(11-20(17)29-25-22)28-13-14-5-3-4-6-14/h7-11,14H,3-6,12-13H2,1-2H3,(H,24,25). The molecular formula is C22H25ClN2O4. The Hall–Kier alpha value is -2.60. The summed E-state index contributed by atoms with van der Waals surface area (Å²) in [5.41, 5.74) is 1.62. The molecule has 154 valence electrons. The Labute approximate surface area is 175 Å². The van der Waals surface area contributed by atoms with Crippen molar-refractivity contribution in [3.05, 3.63) is 40.9 Å². The van der Waals surface area contributed by atoms with Gasteiger partial charge in [-0.1, -0.05) is 29.6 Å². The topological polar surface area (TPSA) is 65.8 Å². The lowest BCUT2D eigenvalue weighted by Crippen LogP contribution is -2.08. The number of fused-ring (bicyclic) bond motifs is 1. The average molecular weight is 417 g/mol. The molecule has 1 saturated carbocycles. The van der Waals surface area contributed by atoms with E-state index in [1.165, 1.54) is 25.7 Å². The van der Waals surface area contributed by atoms with Crippen molar-refractivity contribution < 1.29 is 18.7 Å². The monoisotopic (exact) mass is 416 g/mol. The molecule has 0 atom stereocenters. The van der Waals surface area contributed by atoms with Crippen LogP contribution in [0.25, 0.3) is 11.0 Å². The fraction of sp³-hybridized carbons (Fsp3) is 0.409. The van der Waals surface area contributed by atoms with E-state index in [-0.39, 0.29) is 0 Å². The molecule has 6 nitrogen and oxygen atoms in total. The number of hydrogen-bond donors (Lipinski definition) is 1. The SMILES string of the molecule is COc1ccc(CNc2noc3cc(OCC4CCCC4)c(Cl)cc23)c(OC)c1. The summed E-state index contributed by atoms with van der Waals surface area (Å²) in [6, 6.07) is 9.35. The molecule has 1 aliphatic carbocycles. The third-order valence-electron chi connectivity index (χ3n) is 5.41. The van der Waals surface area contributed by atoms with Crippen molar-refractivity contribution in [2.45, 2.75) is 32.2 Å². The maximum atomic E-state index is 6.46. The highest BCUT2D eigenvalue weighted by Gasteiger charge is 2.18. The van der Waals surface area contributed by atoms with Gasteiger partial charge in [0, 0.05) is 24.2 Å². The van der Waals surface area contributed by atoms with E-state index in [4.69, 9.17) is 30.3 Å². The minimum Gasteiger partial charge on any atom is -0.497 e. The molecule has 29 heavy (non-hydrogen) atoms. The Morgan fingerprint density at radius 1 is 1.10 bits per heavy atom. The molecule has 3 aromatic rings. The summed E-state index contributed by atoms with van der Waals surface area (Å²) < 4.78 is 22.1. The second-order valence-corrected chi connectivity index (χ2v) is 7.71. The summed E-state index contributed by atoms with van der Waals surface area (Å²) in [6.07, 6.45) is 5.03. The highest BCUT2D eigenvalue weighted by atomic mass is 35.5. The molecule has 1 aliphatic rings. The van der Waals surface area contributed by atoms with Crippen LogP contribution in [0.2, 0.25) is 5.02 Å². The molecule has 1 heterocycles. The van der Waals surface area contributed by atoms with Gasteiger partial charge >= 0.3 is 0 Å². The van der Waals surface area contributed by atoms with E-state index in [1.807, 2.05) is 30.3 Å². The van der Waals surface area contributed by atoms with Crippen LogP contribution in [0.4, 0.5) is 5.82 Å². The van der Waals surface area contributed by atoms with Gasteiger partial charge in [0.1, 0.15) is 17.2 Å². The maximum absolute atomic E-state index is 6.46. The van der Waals surface area contributed by atoms with Gasteiger partial charge in [0.15, 0.2) is 11.4 Å². The van der Waals surface area contributed by atoms with Gasteiger partial charge in [0.05, 0.1) is 31.2 Å². The Morgan fingerprint density at radius 3 is 2.69 bits per heavy atom. The van der Waals surface area contributed by atoms with Gasteiger partial charge in [-0.05, 0) is 37.0 Å². The summed E-state index contributed by atoms with van der Waals surface area (Å²) in [5, 5.41) is 8.82. The van der Waals surface area contributed by atoms with Crippen molar-refractivity contribution in [1.82, 2.24) is 5.16 Å².